The number of ether oxygens (including phenoxy) is 1. The maximum Gasteiger partial charge on any atom is 0.416 e. The third-order valence-corrected chi connectivity index (χ3v) is 3.46. The number of benzene rings is 2. The lowest BCUT2D eigenvalue weighted by molar-refractivity contribution is -0.384. The molecule has 10 heteroatoms. The molecule has 0 fully saturated rings. The molecule has 2 aromatic carbocycles. The van der Waals surface area contributed by atoms with E-state index >= 15 is 0 Å². The zero-order chi connectivity index (χ0) is 19.5. The quantitative estimate of drug-likeness (QED) is 0.468. The molecule has 0 atom stereocenters. The van der Waals surface area contributed by atoms with Crippen molar-refractivity contribution in [3.63, 3.8) is 0 Å². The van der Waals surface area contributed by atoms with Crippen molar-refractivity contribution in [1.82, 2.24) is 0 Å². The molecule has 138 valence electrons. The van der Waals surface area contributed by atoms with Gasteiger partial charge in [0.1, 0.15) is 17.2 Å². The van der Waals surface area contributed by atoms with Crippen LogP contribution in [-0.2, 0) is 6.18 Å². The molecule has 0 aromatic heterocycles. The van der Waals surface area contributed by atoms with Crippen molar-refractivity contribution in [3.8, 4) is 11.5 Å². The molecule has 0 amide bonds. The number of methoxy groups -OCH3 is 1. The predicted molar refractivity (Wildman–Crippen MR) is 88.6 cm³/mol. The van der Waals surface area contributed by atoms with E-state index in [0.29, 0.717) is 23.4 Å². The summed E-state index contributed by atoms with van der Waals surface area (Å²) >= 11 is 0. The van der Waals surface area contributed by atoms with Crippen LogP contribution in [0.4, 0.5) is 24.5 Å². The summed E-state index contributed by atoms with van der Waals surface area (Å²) in [5.41, 5.74) is 0.779. The lowest BCUT2D eigenvalue weighted by Crippen LogP contribution is -2.07. The average molecular weight is 369 g/mol. The molecule has 0 bridgehead atoms. The number of nitrogens with zero attached hydrogens (tertiary/aromatic N) is 2. The molecule has 2 N–H and O–H groups in total. The first-order chi connectivity index (χ1) is 12.1. The van der Waals surface area contributed by atoms with Crippen molar-refractivity contribution >= 4 is 17.1 Å². The maximum absolute atomic E-state index is 12.7. The molecule has 2 aromatic rings. The van der Waals surface area contributed by atoms with Gasteiger partial charge in [-0.15, -0.1) is 0 Å². The highest BCUT2D eigenvalue weighted by atomic mass is 19.4. The van der Waals surface area contributed by atoms with Crippen LogP contribution < -0.4 is 10.2 Å². The topological polar surface area (TPSA) is 97.0 Å². The summed E-state index contributed by atoms with van der Waals surface area (Å²) in [7, 11) is 1.44. The molecule has 0 aliphatic heterocycles. The Labute approximate surface area is 145 Å². The van der Waals surface area contributed by atoms with Crippen LogP contribution in [-0.4, -0.2) is 22.9 Å². The van der Waals surface area contributed by atoms with Crippen LogP contribution >= 0.6 is 0 Å². The Hall–Kier alpha value is -3.30. The van der Waals surface area contributed by atoms with Crippen LogP contribution in [0.25, 0.3) is 0 Å². The van der Waals surface area contributed by atoms with Crippen LogP contribution in [0.2, 0.25) is 0 Å². The Bertz CT molecular complexity index is 866. The molecule has 0 unspecified atom stereocenters. The summed E-state index contributed by atoms with van der Waals surface area (Å²) in [6.07, 6.45) is -4.70. The highest BCUT2D eigenvalue weighted by Crippen LogP contribution is 2.35. The zero-order valence-corrected chi connectivity index (χ0v) is 13.7. The second-order valence-corrected chi connectivity index (χ2v) is 5.18. The first-order valence-electron chi connectivity index (χ1n) is 7.16. The second kappa shape index (κ2) is 7.30. The van der Waals surface area contributed by atoms with Crippen molar-refractivity contribution in [2.45, 2.75) is 13.1 Å². The van der Waals surface area contributed by atoms with Gasteiger partial charge < -0.3 is 9.84 Å². The van der Waals surface area contributed by atoms with Gasteiger partial charge in [-0.05, 0) is 37.3 Å². The Morgan fingerprint density at radius 1 is 1.27 bits per heavy atom. The Balaban J connectivity index is 2.36. The van der Waals surface area contributed by atoms with Crippen molar-refractivity contribution in [3.05, 3.63) is 57.6 Å². The number of halogens is 3. The van der Waals surface area contributed by atoms with Gasteiger partial charge >= 0.3 is 6.18 Å². The Kier molecular flexibility index (Phi) is 5.34. The summed E-state index contributed by atoms with van der Waals surface area (Å²) in [5, 5.41) is 24.8. The van der Waals surface area contributed by atoms with Gasteiger partial charge in [0.2, 0.25) is 0 Å². The Morgan fingerprint density at radius 3 is 2.54 bits per heavy atom. The molecule has 0 radical (unpaired) electrons. The van der Waals surface area contributed by atoms with Crippen molar-refractivity contribution in [2.24, 2.45) is 5.10 Å². The van der Waals surface area contributed by atoms with Crippen LogP contribution in [0, 0.1) is 10.1 Å². The molecule has 2 rings (SSSR count). The fraction of sp³-hybridized carbons (Fsp3) is 0.188. The second-order valence-electron chi connectivity index (χ2n) is 5.18. The molecule has 7 nitrogen and oxygen atoms in total. The third kappa shape index (κ3) is 4.21. The molecule has 0 saturated heterocycles. The minimum atomic E-state index is -4.70. The van der Waals surface area contributed by atoms with E-state index in [1.165, 1.54) is 32.2 Å². The lowest BCUT2D eigenvalue weighted by Gasteiger charge is -2.10. The van der Waals surface area contributed by atoms with E-state index in [2.05, 4.69) is 10.5 Å². The number of nitro benzene ring substituents is 1. The average Bonchev–Trinajstić information content (AvgIpc) is 2.59. The smallest absolute Gasteiger partial charge is 0.416 e. The fourth-order valence-electron chi connectivity index (χ4n) is 2.09. The van der Waals surface area contributed by atoms with Crippen molar-refractivity contribution < 1.29 is 27.9 Å². The molecule has 0 aliphatic rings. The minimum absolute atomic E-state index is 0.101. The number of phenolic OH excluding ortho intramolecular Hbond substituents is 1. The minimum Gasteiger partial charge on any atom is -0.507 e. The van der Waals surface area contributed by atoms with Crippen LogP contribution in [0.1, 0.15) is 18.1 Å². The number of hydrazone groups is 1. The monoisotopic (exact) mass is 369 g/mol. The third-order valence-electron chi connectivity index (χ3n) is 3.46. The van der Waals surface area contributed by atoms with E-state index in [-0.39, 0.29) is 17.1 Å². The molecule has 0 spiro atoms. The first-order valence-corrected chi connectivity index (χ1v) is 7.16. The number of phenols is 1. The predicted octanol–water partition coefficient (Wildman–Crippen LogP) is 4.16. The van der Waals surface area contributed by atoms with Gasteiger partial charge in [-0.1, -0.05) is 0 Å². The standard InChI is InChI=1S/C16H14F3N3O4/c1-9(12-8-11(26-2)4-6-15(12)23)20-21-13-5-3-10(16(17,18)19)7-14(13)22(24)25/h3-8,21,23H,1-2H3/b20-9+. The maximum atomic E-state index is 12.7. The zero-order valence-electron chi connectivity index (χ0n) is 13.7. The largest absolute Gasteiger partial charge is 0.507 e. The van der Waals surface area contributed by atoms with Crippen molar-refractivity contribution in [1.29, 1.82) is 0 Å². The van der Waals surface area contributed by atoms with E-state index < -0.39 is 22.4 Å². The molecule has 0 saturated carbocycles. The van der Waals surface area contributed by atoms with Gasteiger partial charge in [0.15, 0.2) is 0 Å². The molecule has 0 heterocycles. The van der Waals surface area contributed by atoms with E-state index in [9.17, 15) is 28.4 Å². The number of rotatable bonds is 5. The van der Waals surface area contributed by atoms with Crippen molar-refractivity contribution in [2.75, 3.05) is 12.5 Å². The molecular formula is C16H14F3N3O4. The highest BCUT2D eigenvalue weighted by molar-refractivity contribution is 6.01. The van der Waals surface area contributed by atoms with Gasteiger partial charge in [0, 0.05) is 11.6 Å². The molecule has 26 heavy (non-hydrogen) atoms. The van der Waals surface area contributed by atoms with Gasteiger partial charge in [-0.25, -0.2) is 0 Å². The summed E-state index contributed by atoms with van der Waals surface area (Å²) in [5.74, 6) is 0.351. The molecular weight excluding hydrogens is 355 g/mol. The number of alkyl halides is 3. The summed E-state index contributed by atoms with van der Waals surface area (Å²) in [4.78, 5) is 10.1. The van der Waals surface area contributed by atoms with Crippen LogP contribution in [0.15, 0.2) is 41.5 Å². The first kappa shape index (κ1) is 19.0. The Morgan fingerprint density at radius 2 is 1.96 bits per heavy atom. The van der Waals surface area contributed by atoms with E-state index in [1.54, 1.807) is 0 Å². The van der Waals surface area contributed by atoms with Crippen LogP contribution in [0.5, 0.6) is 11.5 Å². The lowest BCUT2D eigenvalue weighted by atomic mass is 10.1. The van der Waals surface area contributed by atoms with E-state index in [4.69, 9.17) is 4.74 Å². The fourth-order valence-corrected chi connectivity index (χ4v) is 2.09. The van der Waals surface area contributed by atoms with Gasteiger partial charge in [-0.2, -0.15) is 18.3 Å². The van der Waals surface area contributed by atoms with E-state index in [0.717, 1.165) is 6.07 Å². The number of nitrogens with one attached hydrogen (secondary N) is 1. The summed E-state index contributed by atoms with van der Waals surface area (Å²) < 4.78 is 43.1. The SMILES string of the molecule is COc1ccc(O)c(/C(C)=N/Nc2ccc(C(F)(F)F)cc2[N+](=O)[O-])c1. The highest BCUT2D eigenvalue weighted by Gasteiger charge is 2.33. The van der Waals surface area contributed by atoms with E-state index in [1.807, 2.05) is 0 Å². The summed E-state index contributed by atoms with van der Waals surface area (Å²) in [6.45, 7) is 1.51. The normalized spacial score (nSPS) is 12.0. The summed E-state index contributed by atoms with van der Waals surface area (Å²) in [6, 6.07) is 6.47. The van der Waals surface area contributed by atoms with Gasteiger partial charge in [-0.3, -0.25) is 15.5 Å². The van der Waals surface area contributed by atoms with Gasteiger partial charge in [0.25, 0.3) is 5.69 Å². The number of aromatic hydroxyl groups is 1. The number of anilines is 1. The van der Waals surface area contributed by atoms with Gasteiger partial charge in [0.05, 0.1) is 23.3 Å². The van der Waals surface area contributed by atoms with Crippen LogP contribution in [0.3, 0.4) is 0 Å². The number of nitro groups is 1. The number of hydrogen-bond acceptors (Lipinski definition) is 6. The number of hydrogen-bond donors (Lipinski definition) is 2. The molecule has 0 aliphatic carbocycles.